The van der Waals surface area contributed by atoms with Crippen LogP contribution in [0, 0.1) is 6.92 Å². The second-order valence-electron chi connectivity index (χ2n) is 3.98. The molecule has 0 unspecified atom stereocenters. The van der Waals surface area contributed by atoms with Crippen molar-refractivity contribution in [2.24, 2.45) is 0 Å². The third-order valence-corrected chi connectivity index (χ3v) is 3.49. The highest BCUT2D eigenvalue weighted by molar-refractivity contribution is 7.14. The zero-order valence-corrected chi connectivity index (χ0v) is 11.5. The molecule has 0 radical (unpaired) electrons. The van der Waals surface area contributed by atoms with Crippen LogP contribution in [0.4, 0.5) is 0 Å². The van der Waals surface area contributed by atoms with Crippen LogP contribution in [-0.4, -0.2) is 42.6 Å². The molecule has 1 aromatic rings. The molecule has 0 atom stereocenters. The average Bonchev–Trinajstić information content (AvgIpc) is 2.68. The third-order valence-electron chi connectivity index (χ3n) is 2.47. The van der Waals surface area contributed by atoms with Crippen molar-refractivity contribution >= 4 is 23.2 Å². The fourth-order valence-electron chi connectivity index (χ4n) is 1.53. The van der Waals surface area contributed by atoms with Crippen molar-refractivity contribution in [1.82, 2.24) is 4.90 Å². The molecule has 1 heterocycles. The number of amides is 1. The zero-order chi connectivity index (χ0) is 13.7. The van der Waals surface area contributed by atoms with Crippen LogP contribution in [0.5, 0.6) is 5.75 Å². The van der Waals surface area contributed by atoms with Gasteiger partial charge in [-0.1, -0.05) is 0 Å². The topological polar surface area (TPSA) is 66.8 Å². The second-order valence-corrected chi connectivity index (χ2v) is 5.23. The fourth-order valence-corrected chi connectivity index (χ4v) is 2.51. The molecule has 1 N–H and O–H groups in total. The molecule has 0 saturated carbocycles. The summed E-state index contributed by atoms with van der Waals surface area (Å²) in [5.74, 6) is -0.400. The van der Waals surface area contributed by atoms with E-state index in [1.807, 2.05) is 13.0 Å². The molecule has 0 aliphatic heterocycles. The van der Waals surface area contributed by atoms with Crippen molar-refractivity contribution in [2.75, 3.05) is 20.7 Å². The largest absolute Gasteiger partial charge is 0.495 e. The van der Waals surface area contributed by atoms with Gasteiger partial charge in [0, 0.05) is 24.9 Å². The van der Waals surface area contributed by atoms with Gasteiger partial charge in [-0.05, 0) is 19.4 Å². The smallest absolute Gasteiger partial charge is 0.303 e. The number of methoxy groups -OCH3 is 1. The van der Waals surface area contributed by atoms with Gasteiger partial charge in [0.1, 0.15) is 10.6 Å². The molecule has 1 amide bonds. The average molecular weight is 271 g/mol. The Bertz CT molecular complexity index is 441. The molecular formula is C12H17NO4S. The van der Waals surface area contributed by atoms with Gasteiger partial charge in [-0.15, -0.1) is 11.3 Å². The first-order valence-electron chi connectivity index (χ1n) is 5.57. The monoisotopic (exact) mass is 271 g/mol. The minimum absolute atomic E-state index is 0.0677. The number of ether oxygens (including phenoxy) is 1. The van der Waals surface area contributed by atoms with Crippen LogP contribution >= 0.6 is 11.3 Å². The number of rotatable bonds is 6. The Morgan fingerprint density at radius 2 is 2.17 bits per heavy atom. The summed E-state index contributed by atoms with van der Waals surface area (Å²) in [5.41, 5.74) is 0. The van der Waals surface area contributed by atoms with E-state index in [0.717, 1.165) is 4.88 Å². The van der Waals surface area contributed by atoms with Crippen molar-refractivity contribution < 1.29 is 19.4 Å². The molecule has 100 valence electrons. The number of carbonyl (C=O) groups is 2. The van der Waals surface area contributed by atoms with Gasteiger partial charge < -0.3 is 14.7 Å². The second kappa shape index (κ2) is 6.39. The Hall–Kier alpha value is -1.56. The van der Waals surface area contributed by atoms with Crippen LogP contribution < -0.4 is 4.74 Å². The van der Waals surface area contributed by atoms with Crippen LogP contribution in [0.2, 0.25) is 0 Å². The Labute approximate surface area is 110 Å². The van der Waals surface area contributed by atoms with E-state index in [2.05, 4.69) is 0 Å². The summed E-state index contributed by atoms with van der Waals surface area (Å²) in [5, 5.41) is 8.55. The maximum atomic E-state index is 12.1. The quantitative estimate of drug-likeness (QED) is 0.859. The molecule has 0 aliphatic carbocycles. The molecule has 0 fully saturated rings. The lowest BCUT2D eigenvalue weighted by molar-refractivity contribution is -0.137. The summed E-state index contributed by atoms with van der Waals surface area (Å²) in [6, 6.07) is 1.82. The summed E-state index contributed by atoms with van der Waals surface area (Å²) in [4.78, 5) is 25.6. The predicted octanol–water partition coefficient (Wildman–Crippen LogP) is 2.00. The predicted molar refractivity (Wildman–Crippen MR) is 69.4 cm³/mol. The normalized spacial score (nSPS) is 10.2. The van der Waals surface area contributed by atoms with Crippen LogP contribution in [0.3, 0.4) is 0 Å². The summed E-state index contributed by atoms with van der Waals surface area (Å²) in [6.07, 6.45) is 0.516. The highest BCUT2D eigenvalue weighted by Gasteiger charge is 2.19. The van der Waals surface area contributed by atoms with Crippen LogP contribution in [0.1, 0.15) is 27.4 Å². The minimum Gasteiger partial charge on any atom is -0.495 e. The van der Waals surface area contributed by atoms with Crippen molar-refractivity contribution in [3.63, 3.8) is 0 Å². The number of carboxylic acids is 1. The van der Waals surface area contributed by atoms with Gasteiger partial charge in [0.15, 0.2) is 0 Å². The Morgan fingerprint density at radius 3 is 2.72 bits per heavy atom. The van der Waals surface area contributed by atoms with Crippen molar-refractivity contribution in [2.45, 2.75) is 19.8 Å². The maximum Gasteiger partial charge on any atom is 0.303 e. The summed E-state index contributed by atoms with van der Waals surface area (Å²) < 4.78 is 5.15. The third kappa shape index (κ3) is 3.73. The number of carbonyl (C=O) groups excluding carboxylic acids is 1. The highest BCUT2D eigenvalue weighted by Crippen LogP contribution is 2.29. The van der Waals surface area contributed by atoms with Gasteiger partial charge in [0.2, 0.25) is 0 Å². The molecule has 6 heteroatoms. The lowest BCUT2D eigenvalue weighted by Crippen LogP contribution is -2.27. The van der Waals surface area contributed by atoms with Crippen LogP contribution in [0.15, 0.2) is 6.07 Å². The Balaban J connectivity index is 2.65. The lowest BCUT2D eigenvalue weighted by atomic mass is 10.3. The first kappa shape index (κ1) is 14.5. The van der Waals surface area contributed by atoms with E-state index >= 15 is 0 Å². The van der Waals surface area contributed by atoms with E-state index in [9.17, 15) is 9.59 Å². The molecule has 18 heavy (non-hydrogen) atoms. The van der Waals surface area contributed by atoms with Crippen LogP contribution in [-0.2, 0) is 4.79 Å². The van der Waals surface area contributed by atoms with Crippen molar-refractivity contribution in [1.29, 1.82) is 0 Å². The van der Waals surface area contributed by atoms with E-state index < -0.39 is 5.97 Å². The highest BCUT2D eigenvalue weighted by atomic mass is 32.1. The first-order chi connectivity index (χ1) is 8.45. The Kier molecular flexibility index (Phi) is 5.15. The molecule has 0 aliphatic rings. The lowest BCUT2D eigenvalue weighted by Gasteiger charge is -2.16. The molecular weight excluding hydrogens is 254 g/mol. The van der Waals surface area contributed by atoms with Gasteiger partial charge >= 0.3 is 5.97 Å². The standard InChI is InChI=1S/C12H17NO4S/c1-8-7-9(17-3)11(18-8)12(16)13(2)6-4-5-10(14)15/h7H,4-6H2,1-3H3,(H,14,15). The van der Waals surface area contributed by atoms with Gasteiger partial charge in [-0.2, -0.15) is 0 Å². The number of hydrogen-bond donors (Lipinski definition) is 1. The molecule has 0 spiro atoms. The number of thiophene rings is 1. The van der Waals surface area contributed by atoms with Crippen molar-refractivity contribution in [3.8, 4) is 5.75 Å². The van der Waals surface area contributed by atoms with E-state index in [0.29, 0.717) is 23.6 Å². The van der Waals surface area contributed by atoms with E-state index in [-0.39, 0.29) is 12.3 Å². The number of hydrogen-bond acceptors (Lipinski definition) is 4. The number of aliphatic carboxylic acids is 1. The molecule has 0 bridgehead atoms. The zero-order valence-electron chi connectivity index (χ0n) is 10.7. The minimum atomic E-state index is -0.847. The van der Waals surface area contributed by atoms with Gasteiger partial charge in [0.05, 0.1) is 7.11 Å². The van der Waals surface area contributed by atoms with E-state index in [1.54, 1.807) is 7.05 Å². The SMILES string of the molecule is COc1cc(C)sc1C(=O)N(C)CCCC(=O)O. The van der Waals surface area contributed by atoms with E-state index in [4.69, 9.17) is 9.84 Å². The number of aryl methyl sites for hydroxylation is 1. The van der Waals surface area contributed by atoms with Gasteiger partial charge in [-0.3, -0.25) is 9.59 Å². The molecule has 5 nitrogen and oxygen atoms in total. The summed E-state index contributed by atoms with van der Waals surface area (Å²) in [7, 11) is 3.20. The number of carboxylic acid groups (broad SMARTS) is 1. The molecule has 1 aromatic heterocycles. The van der Waals surface area contributed by atoms with Crippen molar-refractivity contribution in [3.05, 3.63) is 15.8 Å². The van der Waals surface area contributed by atoms with E-state index in [1.165, 1.54) is 23.3 Å². The van der Waals surface area contributed by atoms with Gasteiger partial charge in [0.25, 0.3) is 5.91 Å². The molecule has 0 aromatic carbocycles. The maximum absolute atomic E-state index is 12.1. The molecule has 1 rings (SSSR count). The summed E-state index contributed by atoms with van der Waals surface area (Å²) >= 11 is 1.38. The number of nitrogens with zero attached hydrogens (tertiary/aromatic N) is 1. The van der Waals surface area contributed by atoms with Crippen LogP contribution in [0.25, 0.3) is 0 Å². The summed E-state index contributed by atoms with van der Waals surface area (Å²) in [6.45, 7) is 2.33. The van der Waals surface area contributed by atoms with Gasteiger partial charge in [-0.25, -0.2) is 0 Å². The molecule has 0 saturated heterocycles. The first-order valence-corrected chi connectivity index (χ1v) is 6.39. The fraction of sp³-hybridized carbons (Fsp3) is 0.500. The Morgan fingerprint density at radius 1 is 1.50 bits per heavy atom.